The number of hydrogen-bond acceptors (Lipinski definition) is 2. The molecule has 0 fully saturated rings. The minimum absolute atomic E-state index is 1.69. The molecule has 0 atom stereocenters. The zero-order valence-electron chi connectivity index (χ0n) is 4.21. The van der Waals surface area contributed by atoms with Gasteiger partial charge in [0.2, 0.25) is 0 Å². The molecule has 0 bridgehead atoms. The van der Waals surface area contributed by atoms with Gasteiger partial charge in [0, 0.05) is 0 Å². The van der Waals surface area contributed by atoms with Crippen molar-refractivity contribution in [2.45, 2.75) is 12.1 Å². The molecule has 7 heteroatoms. The third-order valence-corrected chi connectivity index (χ3v) is 0.779. The molecule has 1 aromatic rings. The summed E-state index contributed by atoms with van der Waals surface area (Å²) in [4.78, 5) is 0. The van der Waals surface area contributed by atoms with E-state index in [2.05, 4.69) is 9.15 Å². The maximum atomic E-state index is 11.7. The van der Waals surface area contributed by atoms with Gasteiger partial charge in [-0.25, -0.2) is 8.78 Å². The quantitative estimate of drug-likeness (QED) is 0.360. The Morgan fingerprint density at radius 2 is 1.30 bits per heavy atom. The van der Waals surface area contributed by atoms with Crippen LogP contribution in [-0.4, -0.2) is 6.18 Å². The summed E-state index contributed by atoms with van der Waals surface area (Å²) >= 11 is 0. The Balaban J connectivity index is 2.80. The molecular weight excluding hydrogens is 163 g/mol. The molecule has 0 saturated carbocycles. The van der Waals surface area contributed by atoms with Crippen molar-refractivity contribution >= 4 is 0 Å². The van der Waals surface area contributed by atoms with Gasteiger partial charge in [-0.15, -0.1) is 0 Å². The summed E-state index contributed by atoms with van der Waals surface area (Å²) < 4.78 is 63.5. The summed E-state index contributed by atoms with van der Waals surface area (Å²) in [6.07, 6.45) is -5.64. The summed E-state index contributed by atoms with van der Waals surface area (Å²) in [6.45, 7) is 0. The van der Waals surface area contributed by atoms with Crippen molar-refractivity contribution in [1.82, 2.24) is 0 Å². The average molecular weight is 163 g/mol. The molecule has 10 heavy (non-hydrogen) atoms. The molecule has 0 saturated heterocycles. The van der Waals surface area contributed by atoms with E-state index < -0.39 is 18.1 Å². The van der Waals surface area contributed by atoms with Gasteiger partial charge < -0.3 is 9.15 Å². The fourth-order valence-electron chi connectivity index (χ4n) is 0.241. The molecule has 60 valence electrons. The summed E-state index contributed by atoms with van der Waals surface area (Å²) in [7, 11) is 0. The van der Waals surface area contributed by atoms with Crippen molar-refractivity contribution in [2.75, 3.05) is 0 Å². The molecule has 0 aliphatic carbocycles. The molecule has 0 spiro atoms. The summed E-state index contributed by atoms with van der Waals surface area (Å²) in [5.74, 6) is -6.67. The molecule has 0 N–H and O–H groups in total. The van der Waals surface area contributed by atoms with Crippen molar-refractivity contribution in [2.24, 2.45) is 0 Å². The molecule has 0 amide bonds. The second-order valence-electron chi connectivity index (χ2n) is 1.53. The smallest absolute Gasteiger partial charge is 0.431 e. The first-order chi connectivity index (χ1) is 4.36. The Labute approximate surface area is 50.5 Å². The van der Waals surface area contributed by atoms with Crippen molar-refractivity contribution in [3.63, 3.8) is 0 Å². The summed E-state index contributed by atoms with van der Waals surface area (Å²) in [5.41, 5.74) is 0. The molecule has 0 unspecified atom stereocenters. The Kier molecular flexibility index (Phi) is 1.15. The van der Waals surface area contributed by atoms with Crippen LogP contribution in [0.1, 0.15) is 5.96 Å². The summed E-state index contributed by atoms with van der Waals surface area (Å²) in [6, 6.07) is 0. The van der Waals surface area contributed by atoms with Crippen LogP contribution in [-0.2, 0) is 5.92 Å². The first-order valence-electron chi connectivity index (χ1n) is 2.02. The molecule has 0 aliphatic rings. The van der Waals surface area contributed by atoms with E-state index in [4.69, 9.17) is 0 Å². The molecule has 0 radical (unpaired) electrons. The van der Waals surface area contributed by atoms with Crippen molar-refractivity contribution in [3.05, 3.63) is 5.96 Å². The van der Waals surface area contributed by atoms with Crippen molar-refractivity contribution < 1.29 is 31.1 Å². The van der Waals surface area contributed by atoms with Crippen LogP contribution in [0, 0.1) is 0 Å². The van der Waals surface area contributed by atoms with Gasteiger partial charge in [0.05, 0.1) is 0 Å². The van der Waals surface area contributed by atoms with Gasteiger partial charge in [0.1, 0.15) is 5.96 Å². The standard InChI is InChI=1S/C3F5O2/c4-2(5,1-9-10-1)3(6,7)8/q-1. The third-order valence-electron chi connectivity index (χ3n) is 0.779. The molecule has 0 aromatic carbocycles. The molecular formula is C3F5O2-. The van der Waals surface area contributed by atoms with Crippen LogP contribution in [0.3, 0.4) is 0 Å². The maximum absolute atomic E-state index is 11.7. The lowest BCUT2D eigenvalue weighted by Crippen LogP contribution is -2.31. The minimum atomic E-state index is -5.64. The van der Waals surface area contributed by atoms with Crippen LogP contribution in [0.25, 0.3) is 0 Å². The molecule has 1 heterocycles. The number of rotatable bonds is 1. The lowest BCUT2D eigenvalue weighted by molar-refractivity contribution is -0.293. The zero-order valence-corrected chi connectivity index (χ0v) is 4.21. The zero-order chi connectivity index (χ0) is 7.99. The predicted octanol–water partition coefficient (Wildman–Crippen LogP) is 2.25. The highest BCUT2D eigenvalue weighted by Gasteiger charge is 2.56. The van der Waals surface area contributed by atoms with E-state index in [9.17, 15) is 22.0 Å². The third kappa shape index (κ3) is 0.910. The van der Waals surface area contributed by atoms with Gasteiger partial charge in [-0.2, -0.15) is 13.2 Å². The molecule has 0 aliphatic heterocycles. The maximum Gasteiger partial charge on any atom is 0.431 e. The lowest BCUT2D eigenvalue weighted by Gasteiger charge is -2.17. The number of hydrogen-bond donors (Lipinski definition) is 0. The highest BCUT2D eigenvalue weighted by atomic mass is 19.4. The van der Waals surface area contributed by atoms with E-state index in [1.165, 1.54) is 0 Å². The van der Waals surface area contributed by atoms with E-state index in [0.29, 0.717) is 0 Å². The van der Waals surface area contributed by atoms with Crippen LogP contribution in [0.2, 0.25) is 0 Å². The fourth-order valence-corrected chi connectivity index (χ4v) is 0.241. The number of alkyl halides is 5. The minimum Gasteiger partial charge on any atom is -0.461 e. The van der Waals surface area contributed by atoms with Gasteiger partial charge >= 0.3 is 12.1 Å². The van der Waals surface area contributed by atoms with Crippen molar-refractivity contribution in [3.8, 4) is 0 Å². The highest BCUT2D eigenvalue weighted by Crippen LogP contribution is 2.45. The Morgan fingerprint density at radius 3 is 1.40 bits per heavy atom. The normalized spacial score (nSPS) is 14.5. The number of halogens is 5. The molecule has 1 rings (SSSR count). The van der Waals surface area contributed by atoms with Crippen LogP contribution in [0.4, 0.5) is 22.0 Å². The van der Waals surface area contributed by atoms with Crippen LogP contribution in [0.15, 0.2) is 9.15 Å². The van der Waals surface area contributed by atoms with Gasteiger partial charge in [-0.1, -0.05) is 0 Å². The van der Waals surface area contributed by atoms with Crippen LogP contribution >= 0.6 is 0 Å². The molecule has 1 aromatic heterocycles. The largest absolute Gasteiger partial charge is 0.461 e. The first kappa shape index (κ1) is 7.23. The monoisotopic (exact) mass is 163 g/mol. The fraction of sp³-hybridized carbons (Fsp3) is 0.667. The van der Waals surface area contributed by atoms with Gasteiger partial charge in [-0.05, 0) is 0 Å². The van der Waals surface area contributed by atoms with Crippen LogP contribution in [0.5, 0.6) is 0 Å². The first-order valence-corrected chi connectivity index (χ1v) is 2.02. The topological polar surface area (TPSA) is 26.3 Å². The van der Waals surface area contributed by atoms with E-state index in [1.807, 2.05) is 0 Å². The van der Waals surface area contributed by atoms with E-state index in [0.717, 1.165) is 0 Å². The van der Waals surface area contributed by atoms with Gasteiger partial charge in [0.15, 0.2) is 0 Å². The van der Waals surface area contributed by atoms with Crippen molar-refractivity contribution in [1.29, 1.82) is 0 Å². The van der Waals surface area contributed by atoms with Gasteiger partial charge in [0.25, 0.3) is 0 Å². The Hall–Kier alpha value is -0.880. The van der Waals surface area contributed by atoms with E-state index in [1.54, 1.807) is 0 Å². The molecule has 2 nitrogen and oxygen atoms in total. The van der Waals surface area contributed by atoms with E-state index >= 15 is 0 Å². The Morgan fingerprint density at radius 1 is 0.900 bits per heavy atom. The van der Waals surface area contributed by atoms with Gasteiger partial charge in [-0.3, -0.25) is 0 Å². The Bertz CT molecular complexity index is 192. The summed E-state index contributed by atoms with van der Waals surface area (Å²) in [5, 5.41) is 0. The second kappa shape index (κ2) is 1.58. The predicted molar refractivity (Wildman–Crippen MR) is 16.5 cm³/mol. The SMILES string of the molecule is FC(F)(F)C(F)(F)[c-]1oo1. The van der Waals surface area contributed by atoms with E-state index in [-0.39, 0.29) is 0 Å². The average Bonchev–Trinajstić information content (AvgIpc) is 2.38. The highest BCUT2D eigenvalue weighted by molar-refractivity contribution is 4.90. The lowest BCUT2D eigenvalue weighted by atomic mass is 10.3. The van der Waals surface area contributed by atoms with Crippen LogP contribution < -0.4 is 0 Å². The second-order valence-corrected chi connectivity index (χ2v) is 1.53.